The van der Waals surface area contributed by atoms with Crippen LogP contribution in [0, 0.1) is 11.7 Å². The van der Waals surface area contributed by atoms with Crippen molar-refractivity contribution in [2.75, 3.05) is 25.9 Å². The van der Waals surface area contributed by atoms with Gasteiger partial charge in [0.25, 0.3) is 0 Å². The maximum atomic E-state index is 12.8. The van der Waals surface area contributed by atoms with E-state index >= 15 is 0 Å². The molecule has 0 heterocycles. The second kappa shape index (κ2) is 8.09. The van der Waals surface area contributed by atoms with Crippen LogP contribution in [0.15, 0.2) is 29.2 Å². The summed E-state index contributed by atoms with van der Waals surface area (Å²) in [5.74, 6) is -1.74. The van der Waals surface area contributed by atoms with Crippen LogP contribution in [0.2, 0.25) is 0 Å². The van der Waals surface area contributed by atoms with Gasteiger partial charge in [0.05, 0.1) is 10.6 Å². The minimum atomic E-state index is -3.60. The van der Waals surface area contributed by atoms with Gasteiger partial charge in [-0.3, -0.25) is 4.79 Å². The van der Waals surface area contributed by atoms with Crippen LogP contribution in [0.3, 0.4) is 0 Å². The molecule has 0 aromatic heterocycles. The summed E-state index contributed by atoms with van der Waals surface area (Å²) in [6.07, 6.45) is 0.777. The van der Waals surface area contributed by atoms with Crippen molar-refractivity contribution in [3.63, 3.8) is 0 Å². The van der Waals surface area contributed by atoms with Crippen LogP contribution in [-0.4, -0.2) is 40.2 Å². The number of sulfone groups is 1. The largest absolute Gasteiger partial charge is 0.356 e. The molecule has 2 N–H and O–H groups in total. The summed E-state index contributed by atoms with van der Waals surface area (Å²) < 4.78 is 37.0. The van der Waals surface area contributed by atoms with Crippen molar-refractivity contribution in [2.45, 2.75) is 18.2 Å². The van der Waals surface area contributed by atoms with Gasteiger partial charge in [-0.1, -0.05) is 6.92 Å². The molecule has 1 rings (SSSR count). The number of amides is 1. The van der Waals surface area contributed by atoms with E-state index in [1.807, 2.05) is 7.05 Å². The number of hydrogen-bond donors (Lipinski definition) is 2. The van der Waals surface area contributed by atoms with Crippen molar-refractivity contribution >= 4 is 15.7 Å². The van der Waals surface area contributed by atoms with E-state index < -0.39 is 21.6 Å². The summed E-state index contributed by atoms with van der Waals surface area (Å²) in [4.78, 5) is 11.8. The molecule has 0 radical (unpaired) electrons. The molecule has 118 valence electrons. The van der Waals surface area contributed by atoms with Gasteiger partial charge >= 0.3 is 0 Å². The Bertz CT molecular complexity index is 558. The van der Waals surface area contributed by atoms with Crippen LogP contribution in [0.1, 0.15) is 13.3 Å². The lowest BCUT2D eigenvalue weighted by atomic mass is 10.2. The standard InChI is InChI=1S/C14H21FN2O3S/c1-11(14(18)17-9-3-8-16-2)10-21(19,20)13-6-4-12(15)5-7-13/h4-7,11,16H,3,8-10H2,1-2H3,(H,17,18). The highest BCUT2D eigenvalue weighted by Gasteiger charge is 2.23. The normalized spacial score (nSPS) is 12.9. The highest BCUT2D eigenvalue weighted by atomic mass is 32.2. The molecule has 1 unspecified atom stereocenters. The van der Waals surface area contributed by atoms with Gasteiger partial charge < -0.3 is 10.6 Å². The molecular formula is C14H21FN2O3S. The third-order valence-electron chi connectivity index (χ3n) is 2.99. The molecule has 0 aliphatic rings. The van der Waals surface area contributed by atoms with Gasteiger partial charge in [0.2, 0.25) is 5.91 Å². The Hall–Kier alpha value is -1.47. The minimum Gasteiger partial charge on any atom is -0.356 e. The molecule has 1 aromatic carbocycles. The van der Waals surface area contributed by atoms with Crippen molar-refractivity contribution in [1.29, 1.82) is 0 Å². The number of rotatable bonds is 8. The van der Waals surface area contributed by atoms with Crippen molar-refractivity contribution in [1.82, 2.24) is 10.6 Å². The number of carbonyl (C=O) groups is 1. The molecule has 0 spiro atoms. The van der Waals surface area contributed by atoms with Crippen LogP contribution in [0.5, 0.6) is 0 Å². The first kappa shape index (κ1) is 17.6. The average molecular weight is 316 g/mol. The Labute approximate surface area is 124 Å². The Morgan fingerprint density at radius 1 is 1.24 bits per heavy atom. The first-order valence-electron chi connectivity index (χ1n) is 6.77. The Balaban J connectivity index is 2.58. The van der Waals surface area contributed by atoms with Gasteiger partial charge in [0.1, 0.15) is 5.82 Å². The van der Waals surface area contributed by atoms with Crippen molar-refractivity contribution in [3.05, 3.63) is 30.1 Å². The molecule has 0 aliphatic carbocycles. The maximum Gasteiger partial charge on any atom is 0.223 e. The number of hydrogen-bond acceptors (Lipinski definition) is 4. The van der Waals surface area contributed by atoms with Gasteiger partial charge in [-0.2, -0.15) is 0 Å². The van der Waals surface area contributed by atoms with E-state index in [9.17, 15) is 17.6 Å². The first-order chi connectivity index (χ1) is 9.86. The van der Waals surface area contributed by atoms with E-state index in [1.54, 1.807) is 6.92 Å². The number of nitrogens with one attached hydrogen (secondary N) is 2. The van der Waals surface area contributed by atoms with Gasteiger partial charge in [0.15, 0.2) is 9.84 Å². The molecular weight excluding hydrogens is 295 g/mol. The Morgan fingerprint density at radius 2 is 1.86 bits per heavy atom. The van der Waals surface area contributed by atoms with E-state index in [1.165, 1.54) is 12.1 Å². The van der Waals surface area contributed by atoms with Crippen LogP contribution in [0.25, 0.3) is 0 Å². The monoisotopic (exact) mass is 316 g/mol. The van der Waals surface area contributed by atoms with Gasteiger partial charge in [-0.05, 0) is 44.3 Å². The fraction of sp³-hybridized carbons (Fsp3) is 0.500. The molecule has 0 fully saturated rings. The van der Waals surface area contributed by atoms with Crippen LogP contribution < -0.4 is 10.6 Å². The van der Waals surface area contributed by atoms with Crippen LogP contribution in [-0.2, 0) is 14.6 Å². The summed E-state index contributed by atoms with van der Waals surface area (Å²) in [5, 5.41) is 5.65. The van der Waals surface area contributed by atoms with Gasteiger partial charge in [-0.15, -0.1) is 0 Å². The zero-order chi connectivity index (χ0) is 15.9. The molecule has 0 bridgehead atoms. The molecule has 7 heteroatoms. The highest BCUT2D eigenvalue weighted by Crippen LogP contribution is 2.15. The fourth-order valence-corrected chi connectivity index (χ4v) is 3.35. The van der Waals surface area contributed by atoms with Gasteiger partial charge in [0, 0.05) is 12.5 Å². The summed E-state index contributed by atoms with van der Waals surface area (Å²) in [6, 6.07) is 4.61. The zero-order valence-corrected chi connectivity index (χ0v) is 13.0. The summed E-state index contributed by atoms with van der Waals surface area (Å²) in [5.41, 5.74) is 0. The minimum absolute atomic E-state index is 0.0266. The molecule has 0 aliphatic heterocycles. The third-order valence-corrected chi connectivity index (χ3v) is 4.92. The van der Waals surface area contributed by atoms with Crippen LogP contribution >= 0.6 is 0 Å². The van der Waals surface area contributed by atoms with Crippen molar-refractivity contribution < 1.29 is 17.6 Å². The number of halogens is 1. The smallest absolute Gasteiger partial charge is 0.223 e. The zero-order valence-electron chi connectivity index (χ0n) is 12.2. The number of carbonyl (C=O) groups excluding carboxylic acids is 1. The van der Waals surface area contributed by atoms with Crippen molar-refractivity contribution in [2.24, 2.45) is 5.92 Å². The lowest BCUT2D eigenvalue weighted by molar-refractivity contribution is -0.123. The molecule has 5 nitrogen and oxygen atoms in total. The molecule has 1 aromatic rings. The predicted octanol–water partition coefficient (Wildman–Crippen LogP) is 0.961. The quantitative estimate of drug-likeness (QED) is 0.553. The van der Waals surface area contributed by atoms with Crippen molar-refractivity contribution in [3.8, 4) is 0 Å². The average Bonchev–Trinajstić information content (AvgIpc) is 2.43. The molecule has 0 saturated heterocycles. The predicted molar refractivity (Wildman–Crippen MR) is 79.2 cm³/mol. The van der Waals surface area contributed by atoms with Gasteiger partial charge in [-0.25, -0.2) is 12.8 Å². The molecule has 1 amide bonds. The highest BCUT2D eigenvalue weighted by molar-refractivity contribution is 7.91. The molecule has 0 saturated carbocycles. The second-order valence-electron chi connectivity index (χ2n) is 4.88. The first-order valence-corrected chi connectivity index (χ1v) is 8.42. The third kappa shape index (κ3) is 5.81. The van der Waals surface area contributed by atoms with E-state index in [2.05, 4.69) is 10.6 Å². The summed E-state index contributed by atoms with van der Waals surface area (Å²) in [6.45, 7) is 2.84. The van der Waals surface area contributed by atoms with Crippen LogP contribution in [0.4, 0.5) is 4.39 Å². The summed E-state index contributed by atoms with van der Waals surface area (Å²) >= 11 is 0. The molecule has 21 heavy (non-hydrogen) atoms. The topological polar surface area (TPSA) is 75.3 Å². The molecule has 1 atom stereocenters. The Kier molecular flexibility index (Phi) is 6.77. The Morgan fingerprint density at radius 3 is 2.43 bits per heavy atom. The summed E-state index contributed by atoms with van der Waals surface area (Å²) in [7, 11) is -1.78. The lowest BCUT2D eigenvalue weighted by Crippen LogP contribution is -2.34. The lowest BCUT2D eigenvalue weighted by Gasteiger charge is -2.12. The van der Waals surface area contributed by atoms with E-state index in [0.29, 0.717) is 6.54 Å². The van der Waals surface area contributed by atoms with E-state index in [0.717, 1.165) is 25.1 Å². The van der Waals surface area contributed by atoms with E-state index in [-0.39, 0.29) is 16.6 Å². The SMILES string of the molecule is CNCCCNC(=O)C(C)CS(=O)(=O)c1ccc(F)cc1. The number of benzene rings is 1. The fourth-order valence-electron chi connectivity index (χ4n) is 1.79. The maximum absolute atomic E-state index is 12.8. The van der Waals surface area contributed by atoms with E-state index in [4.69, 9.17) is 0 Å². The second-order valence-corrected chi connectivity index (χ2v) is 6.92.